The Bertz CT molecular complexity index is 793. The van der Waals surface area contributed by atoms with Gasteiger partial charge < -0.3 is 9.88 Å². The second-order valence-electron chi connectivity index (χ2n) is 4.79. The van der Waals surface area contributed by atoms with E-state index in [2.05, 4.69) is 10.3 Å². The molecule has 0 fully saturated rings. The van der Waals surface area contributed by atoms with Gasteiger partial charge in [-0.2, -0.15) is 0 Å². The minimum atomic E-state index is -0.329. The number of aromatic nitrogens is 2. The zero-order chi connectivity index (χ0) is 14.8. The third-order valence-corrected chi connectivity index (χ3v) is 3.28. The topological polar surface area (TPSA) is 46.9 Å². The molecule has 0 bridgehead atoms. The number of hydrogen-bond donors (Lipinski definition) is 1. The number of imidazole rings is 1. The summed E-state index contributed by atoms with van der Waals surface area (Å²) in [6.45, 7) is 2.04. The fraction of sp³-hybridized carbons (Fsp3) is 0.125. The molecule has 1 heterocycles. The van der Waals surface area contributed by atoms with Crippen LogP contribution < -0.4 is 5.32 Å². The van der Waals surface area contributed by atoms with E-state index < -0.39 is 0 Å². The van der Waals surface area contributed by atoms with Gasteiger partial charge in [0.05, 0.1) is 11.0 Å². The fourth-order valence-electron chi connectivity index (χ4n) is 2.27. The maximum Gasteiger partial charge on any atom is 0.244 e. The summed E-state index contributed by atoms with van der Waals surface area (Å²) in [5, 5.41) is 2.75. The molecule has 21 heavy (non-hydrogen) atoms. The molecule has 0 spiro atoms. The highest BCUT2D eigenvalue weighted by molar-refractivity contribution is 5.91. The number of para-hydroxylation sites is 2. The number of rotatable bonds is 3. The lowest BCUT2D eigenvalue weighted by Crippen LogP contribution is -2.19. The maximum absolute atomic E-state index is 12.8. The molecule has 0 atom stereocenters. The van der Waals surface area contributed by atoms with Gasteiger partial charge >= 0.3 is 0 Å². The molecule has 0 saturated heterocycles. The number of carbonyl (C=O) groups is 1. The van der Waals surface area contributed by atoms with Gasteiger partial charge in [0.15, 0.2) is 0 Å². The first-order valence-corrected chi connectivity index (χ1v) is 6.61. The van der Waals surface area contributed by atoms with Crippen molar-refractivity contribution in [1.29, 1.82) is 0 Å². The number of fused-ring (bicyclic) bond motifs is 1. The van der Waals surface area contributed by atoms with Crippen LogP contribution in [-0.2, 0) is 11.3 Å². The van der Waals surface area contributed by atoms with Crippen LogP contribution in [0.3, 0.4) is 0 Å². The number of anilines is 1. The standard InChI is InChI=1S/C16H14FN3O/c1-11-18-14-4-2-3-5-15(14)20(11)10-16(21)19-13-8-6-12(17)7-9-13/h2-9H,10H2,1H3,(H,19,21). The van der Waals surface area contributed by atoms with Gasteiger partial charge in [-0.05, 0) is 43.3 Å². The molecule has 0 saturated carbocycles. The number of amides is 1. The van der Waals surface area contributed by atoms with Crippen LogP contribution >= 0.6 is 0 Å². The summed E-state index contributed by atoms with van der Waals surface area (Å²) in [7, 11) is 0. The first-order valence-electron chi connectivity index (χ1n) is 6.61. The normalized spacial score (nSPS) is 10.8. The molecular formula is C16H14FN3O. The van der Waals surface area contributed by atoms with Crippen molar-refractivity contribution >= 4 is 22.6 Å². The number of nitrogens with one attached hydrogen (secondary N) is 1. The van der Waals surface area contributed by atoms with E-state index in [1.54, 1.807) is 0 Å². The van der Waals surface area contributed by atoms with Crippen molar-refractivity contribution in [2.45, 2.75) is 13.5 Å². The third-order valence-electron chi connectivity index (χ3n) is 3.28. The van der Waals surface area contributed by atoms with Crippen molar-refractivity contribution in [2.75, 3.05) is 5.32 Å². The van der Waals surface area contributed by atoms with Crippen LogP contribution in [0.15, 0.2) is 48.5 Å². The van der Waals surface area contributed by atoms with Crippen molar-refractivity contribution < 1.29 is 9.18 Å². The maximum atomic E-state index is 12.8. The van der Waals surface area contributed by atoms with E-state index in [4.69, 9.17) is 0 Å². The summed E-state index contributed by atoms with van der Waals surface area (Å²) in [5.41, 5.74) is 2.36. The molecule has 0 aliphatic rings. The van der Waals surface area contributed by atoms with Gasteiger partial charge in [0, 0.05) is 5.69 Å². The van der Waals surface area contributed by atoms with Gasteiger partial charge in [0.1, 0.15) is 18.2 Å². The SMILES string of the molecule is Cc1nc2ccccc2n1CC(=O)Nc1ccc(F)cc1. The van der Waals surface area contributed by atoms with Crippen LogP contribution in [0.2, 0.25) is 0 Å². The minimum Gasteiger partial charge on any atom is -0.325 e. The third kappa shape index (κ3) is 2.76. The van der Waals surface area contributed by atoms with E-state index in [9.17, 15) is 9.18 Å². The summed E-state index contributed by atoms with van der Waals surface area (Å²) in [6, 6.07) is 13.4. The van der Waals surface area contributed by atoms with E-state index in [-0.39, 0.29) is 18.3 Å². The first-order chi connectivity index (χ1) is 10.1. The van der Waals surface area contributed by atoms with E-state index in [0.29, 0.717) is 5.69 Å². The van der Waals surface area contributed by atoms with E-state index >= 15 is 0 Å². The van der Waals surface area contributed by atoms with Gasteiger partial charge in [0.2, 0.25) is 5.91 Å². The molecule has 1 N–H and O–H groups in total. The van der Waals surface area contributed by atoms with Crippen LogP contribution in [0.4, 0.5) is 10.1 Å². The van der Waals surface area contributed by atoms with Crippen molar-refractivity contribution in [3.63, 3.8) is 0 Å². The number of benzene rings is 2. The second kappa shape index (κ2) is 5.36. The summed E-state index contributed by atoms with van der Waals surface area (Å²) in [4.78, 5) is 16.5. The zero-order valence-corrected chi connectivity index (χ0v) is 11.5. The Labute approximate surface area is 121 Å². The Balaban J connectivity index is 1.80. The van der Waals surface area contributed by atoms with Crippen molar-refractivity contribution in [3.05, 3.63) is 60.2 Å². The fourth-order valence-corrected chi connectivity index (χ4v) is 2.27. The molecule has 0 radical (unpaired) electrons. The van der Waals surface area contributed by atoms with Crippen molar-refractivity contribution in [1.82, 2.24) is 9.55 Å². The van der Waals surface area contributed by atoms with Crippen molar-refractivity contribution in [3.8, 4) is 0 Å². The molecule has 4 nitrogen and oxygen atoms in total. The van der Waals surface area contributed by atoms with Crippen LogP contribution in [0.5, 0.6) is 0 Å². The lowest BCUT2D eigenvalue weighted by Gasteiger charge is -2.08. The first kappa shape index (κ1) is 13.3. The minimum absolute atomic E-state index is 0.170. The quantitative estimate of drug-likeness (QED) is 0.802. The lowest BCUT2D eigenvalue weighted by atomic mass is 10.3. The van der Waals surface area contributed by atoms with Crippen LogP contribution in [0, 0.1) is 12.7 Å². The predicted octanol–water partition coefficient (Wildman–Crippen LogP) is 3.12. The largest absolute Gasteiger partial charge is 0.325 e. The van der Waals surface area contributed by atoms with Crippen molar-refractivity contribution in [2.24, 2.45) is 0 Å². The lowest BCUT2D eigenvalue weighted by molar-refractivity contribution is -0.116. The number of hydrogen-bond acceptors (Lipinski definition) is 2. The van der Waals surface area contributed by atoms with E-state index in [1.807, 2.05) is 35.8 Å². The molecule has 106 valence electrons. The summed E-state index contributed by atoms with van der Waals surface area (Å²) in [5.74, 6) is 0.280. The highest BCUT2D eigenvalue weighted by Crippen LogP contribution is 2.16. The molecule has 0 aliphatic carbocycles. The van der Waals surface area contributed by atoms with E-state index in [0.717, 1.165) is 16.9 Å². The summed E-state index contributed by atoms with van der Waals surface area (Å²) in [6.07, 6.45) is 0. The Hall–Kier alpha value is -2.69. The Morgan fingerprint density at radius 1 is 1.19 bits per heavy atom. The Morgan fingerprint density at radius 2 is 1.90 bits per heavy atom. The van der Waals surface area contributed by atoms with Crippen LogP contribution in [0.1, 0.15) is 5.82 Å². The Morgan fingerprint density at radius 3 is 2.67 bits per heavy atom. The van der Waals surface area contributed by atoms with Crippen LogP contribution in [-0.4, -0.2) is 15.5 Å². The van der Waals surface area contributed by atoms with Gasteiger partial charge in [-0.25, -0.2) is 9.37 Å². The molecule has 3 rings (SSSR count). The smallest absolute Gasteiger partial charge is 0.244 e. The summed E-state index contributed by atoms with van der Waals surface area (Å²) < 4.78 is 14.7. The molecule has 1 aromatic heterocycles. The number of nitrogens with zero attached hydrogens (tertiary/aromatic N) is 2. The molecule has 5 heteroatoms. The zero-order valence-electron chi connectivity index (χ0n) is 11.5. The average molecular weight is 283 g/mol. The van der Waals surface area contributed by atoms with Gasteiger partial charge in [0.25, 0.3) is 0 Å². The molecule has 0 unspecified atom stereocenters. The predicted molar refractivity (Wildman–Crippen MR) is 79.5 cm³/mol. The average Bonchev–Trinajstić information content (AvgIpc) is 2.78. The molecule has 0 aliphatic heterocycles. The highest BCUT2D eigenvalue weighted by atomic mass is 19.1. The molecular weight excluding hydrogens is 269 g/mol. The van der Waals surface area contributed by atoms with Crippen LogP contribution in [0.25, 0.3) is 11.0 Å². The molecule has 1 amide bonds. The second-order valence-corrected chi connectivity index (χ2v) is 4.79. The molecule has 2 aromatic carbocycles. The van der Waals surface area contributed by atoms with Gasteiger partial charge in [-0.1, -0.05) is 12.1 Å². The summed E-state index contributed by atoms with van der Waals surface area (Å²) >= 11 is 0. The highest BCUT2D eigenvalue weighted by Gasteiger charge is 2.10. The van der Waals surface area contributed by atoms with Gasteiger partial charge in [-0.15, -0.1) is 0 Å². The van der Waals surface area contributed by atoms with E-state index in [1.165, 1.54) is 24.3 Å². The monoisotopic (exact) mass is 283 g/mol. The van der Waals surface area contributed by atoms with Gasteiger partial charge in [-0.3, -0.25) is 4.79 Å². The Kier molecular flexibility index (Phi) is 3.39. The number of aryl methyl sites for hydroxylation is 1. The molecule has 3 aromatic rings. The number of carbonyl (C=O) groups excluding carboxylic acids is 1. The number of halogens is 1.